The van der Waals surface area contributed by atoms with Gasteiger partial charge in [-0.15, -0.1) is 0 Å². The number of nitrogens with zero attached hydrogens (tertiary/aromatic N) is 2. The van der Waals surface area contributed by atoms with Crippen molar-refractivity contribution >= 4 is 22.9 Å². The Hall–Kier alpha value is -2.63. The van der Waals surface area contributed by atoms with Crippen LogP contribution in [-0.4, -0.2) is 47.6 Å². The molecule has 6 heteroatoms. The number of likely N-dealkylation sites (tertiary alicyclic amines) is 1. The number of alkyl carbamates (subject to hydrolysis) is 1. The minimum Gasteiger partial charge on any atom is -0.450 e. The van der Waals surface area contributed by atoms with E-state index in [1.54, 1.807) is 6.92 Å². The summed E-state index contributed by atoms with van der Waals surface area (Å²) in [6.45, 7) is 5.59. The lowest BCUT2D eigenvalue weighted by Gasteiger charge is -2.34. The largest absolute Gasteiger partial charge is 0.450 e. The first-order valence-electron chi connectivity index (χ1n) is 10.7. The van der Waals surface area contributed by atoms with Crippen LogP contribution in [0.3, 0.4) is 0 Å². The Morgan fingerprint density at radius 1 is 1.28 bits per heavy atom. The standard InChI is InChI=1S/C23H29N3O3/c1-3-29-23(28)24-16-7-6-12-26(14-16)22(27)21-17-8-4-5-9-19(17)25-20-11-10-15(2)13-18(20)21/h4-5,8-9,15-16H,3,6-7,10-14H2,1-2H3,(H,24,28)/t15-,16+/m0/s1. The van der Waals surface area contributed by atoms with Crippen molar-refractivity contribution in [1.82, 2.24) is 15.2 Å². The number of carbonyl (C=O) groups excluding carboxylic acids is 2. The fourth-order valence-corrected chi connectivity index (χ4v) is 4.58. The monoisotopic (exact) mass is 395 g/mol. The van der Waals surface area contributed by atoms with E-state index in [2.05, 4.69) is 12.2 Å². The SMILES string of the molecule is CCOC(=O)N[C@@H]1CCCN(C(=O)c2c3c(nc4ccccc24)CC[C@H](C)C3)C1. The predicted molar refractivity (Wildman–Crippen MR) is 112 cm³/mol. The molecule has 29 heavy (non-hydrogen) atoms. The van der Waals surface area contributed by atoms with Crippen LogP contribution < -0.4 is 5.32 Å². The fourth-order valence-electron chi connectivity index (χ4n) is 4.58. The summed E-state index contributed by atoms with van der Waals surface area (Å²) in [6.07, 6.45) is 4.24. The van der Waals surface area contributed by atoms with Crippen LogP contribution >= 0.6 is 0 Å². The van der Waals surface area contributed by atoms with Crippen LogP contribution in [0.15, 0.2) is 24.3 Å². The Bertz CT molecular complexity index is 927. The highest BCUT2D eigenvalue weighted by molar-refractivity contribution is 6.07. The summed E-state index contributed by atoms with van der Waals surface area (Å²) in [5, 5.41) is 3.83. The van der Waals surface area contributed by atoms with Gasteiger partial charge in [0.05, 0.1) is 17.7 Å². The molecule has 1 aromatic carbocycles. The van der Waals surface area contributed by atoms with Gasteiger partial charge in [-0.05, 0) is 56.6 Å². The third-order valence-corrected chi connectivity index (χ3v) is 6.03. The zero-order valence-electron chi connectivity index (χ0n) is 17.2. The quantitative estimate of drug-likeness (QED) is 0.860. The van der Waals surface area contributed by atoms with Gasteiger partial charge in [-0.1, -0.05) is 25.1 Å². The van der Waals surface area contributed by atoms with E-state index in [9.17, 15) is 9.59 Å². The van der Waals surface area contributed by atoms with Crippen molar-refractivity contribution in [2.45, 2.75) is 52.0 Å². The highest BCUT2D eigenvalue weighted by Crippen LogP contribution is 2.32. The number of para-hydroxylation sites is 1. The molecule has 6 nitrogen and oxygen atoms in total. The van der Waals surface area contributed by atoms with E-state index in [0.29, 0.717) is 25.6 Å². The number of benzene rings is 1. The Balaban J connectivity index is 1.66. The number of fused-ring (bicyclic) bond motifs is 2. The van der Waals surface area contributed by atoms with E-state index in [1.165, 1.54) is 0 Å². The van der Waals surface area contributed by atoms with Crippen LogP contribution in [0.4, 0.5) is 4.79 Å². The zero-order valence-corrected chi connectivity index (χ0v) is 17.2. The second kappa shape index (κ2) is 8.39. The van der Waals surface area contributed by atoms with Crippen molar-refractivity contribution in [3.63, 3.8) is 0 Å². The molecule has 0 unspecified atom stereocenters. The molecule has 2 heterocycles. The minimum absolute atomic E-state index is 0.0595. The molecule has 1 saturated heterocycles. The van der Waals surface area contributed by atoms with E-state index in [0.717, 1.165) is 59.8 Å². The number of ether oxygens (including phenoxy) is 1. The molecule has 2 amide bonds. The molecule has 1 aliphatic heterocycles. The van der Waals surface area contributed by atoms with Crippen LogP contribution in [0.2, 0.25) is 0 Å². The van der Waals surface area contributed by atoms with Crippen LogP contribution in [-0.2, 0) is 17.6 Å². The van der Waals surface area contributed by atoms with E-state index >= 15 is 0 Å². The molecule has 2 aliphatic rings. The zero-order chi connectivity index (χ0) is 20.4. The normalized spacial score (nSPS) is 21.5. The molecule has 2 aromatic rings. The number of aryl methyl sites for hydroxylation is 1. The average molecular weight is 396 g/mol. The summed E-state index contributed by atoms with van der Waals surface area (Å²) < 4.78 is 5.01. The summed E-state index contributed by atoms with van der Waals surface area (Å²) in [5.41, 5.74) is 3.90. The Labute approximate surface area is 171 Å². The summed E-state index contributed by atoms with van der Waals surface area (Å²) in [7, 11) is 0. The second-order valence-electron chi connectivity index (χ2n) is 8.23. The number of amides is 2. The van der Waals surface area contributed by atoms with Crippen molar-refractivity contribution < 1.29 is 14.3 Å². The smallest absolute Gasteiger partial charge is 0.407 e. The Kier molecular flexibility index (Phi) is 5.69. The van der Waals surface area contributed by atoms with Crippen molar-refractivity contribution in [3.8, 4) is 0 Å². The first-order chi connectivity index (χ1) is 14.1. The first-order valence-corrected chi connectivity index (χ1v) is 10.7. The van der Waals surface area contributed by atoms with Crippen LogP contribution in [0, 0.1) is 5.92 Å². The number of rotatable bonds is 3. The Morgan fingerprint density at radius 2 is 2.10 bits per heavy atom. The van der Waals surface area contributed by atoms with Crippen LogP contribution in [0.5, 0.6) is 0 Å². The number of pyridine rings is 1. The van der Waals surface area contributed by atoms with Crippen molar-refractivity contribution in [2.24, 2.45) is 5.92 Å². The van der Waals surface area contributed by atoms with E-state index in [4.69, 9.17) is 9.72 Å². The molecule has 154 valence electrons. The first kappa shape index (κ1) is 19.7. The summed E-state index contributed by atoms with van der Waals surface area (Å²) in [5.74, 6) is 0.612. The van der Waals surface area contributed by atoms with Gasteiger partial charge < -0.3 is 15.0 Å². The number of hydrogen-bond donors (Lipinski definition) is 1. The second-order valence-corrected chi connectivity index (χ2v) is 8.23. The van der Waals surface area contributed by atoms with Crippen molar-refractivity contribution in [1.29, 1.82) is 0 Å². The lowest BCUT2D eigenvalue weighted by molar-refractivity contribution is 0.0686. The van der Waals surface area contributed by atoms with Gasteiger partial charge in [-0.3, -0.25) is 9.78 Å². The molecule has 4 rings (SSSR count). The molecule has 1 N–H and O–H groups in total. The predicted octanol–water partition coefficient (Wildman–Crippen LogP) is 3.71. The number of piperidine rings is 1. The van der Waals surface area contributed by atoms with E-state index < -0.39 is 6.09 Å². The van der Waals surface area contributed by atoms with Gasteiger partial charge >= 0.3 is 6.09 Å². The number of nitrogens with one attached hydrogen (secondary N) is 1. The average Bonchev–Trinajstić information content (AvgIpc) is 2.72. The molecule has 0 spiro atoms. The van der Waals surface area contributed by atoms with E-state index in [-0.39, 0.29) is 11.9 Å². The van der Waals surface area contributed by atoms with Crippen molar-refractivity contribution in [2.75, 3.05) is 19.7 Å². The Morgan fingerprint density at radius 3 is 2.93 bits per heavy atom. The van der Waals surface area contributed by atoms with Gasteiger partial charge in [0.2, 0.25) is 0 Å². The lowest BCUT2D eigenvalue weighted by atomic mass is 9.83. The molecular formula is C23H29N3O3. The highest BCUT2D eigenvalue weighted by Gasteiger charge is 2.31. The molecule has 1 aliphatic carbocycles. The van der Waals surface area contributed by atoms with E-state index in [1.807, 2.05) is 29.2 Å². The summed E-state index contributed by atoms with van der Waals surface area (Å²) in [6, 6.07) is 7.87. The van der Waals surface area contributed by atoms with Crippen molar-refractivity contribution in [3.05, 3.63) is 41.1 Å². The third kappa shape index (κ3) is 4.07. The van der Waals surface area contributed by atoms with Gasteiger partial charge in [0.25, 0.3) is 5.91 Å². The van der Waals surface area contributed by atoms with Gasteiger partial charge in [0.15, 0.2) is 0 Å². The molecule has 0 saturated carbocycles. The summed E-state index contributed by atoms with van der Waals surface area (Å²) in [4.78, 5) is 32.3. The number of hydrogen-bond acceptors (Lipinski definition) is 4. The maximum absolute atomic E-state index is 13.7. The topological polar surface area (TPSA) is 71.5 Å². The lowest BCUT2D eigenvalue weighted by Crippen LogP contribution is -2.50. The third-order valence-electron chi connectivity index (χ3n) is 6.03. The number of aromatic nitrogens is 1. The van der Waals surface area contributed by atoms with Crippen LogP contribution in [0.25, 0.3) is 10.9 Å². The maximum Gasteiger partial charge on any atom is 0.407 e. The van der Waals surface area contributed by atoms with Gasteiger partial charge in [0, 0.05) is 30.2 Å². The van der Waals surface area contributed by atoms with Gasteiger partial charge in [-0.25, -0.2) is 4.79 Å². The molecule has 1 fully saturated rings. The molecule has 0 radical (unpaired) electrons. The molecule has 0 bridgehead atoms. The molecule has 1 aromatic heterocycles. The fraction of sp³-hybridized carbons (Fsp3) is 0.522. The minimum atomic E-state index is -0.410. The van der Waals surface area contributed by atoms with Gasteiger partial charge in [-0.2, -0.15) is 0 Å². The number of carbonyl (C=O) groups is 2. The summed E-state index contributed by atoms with van der Waals surface area (Å²) >= 11 is 0. The maximum atomic E-state index is 13.7. The molecule has 2 atom stereocenters. The highest BCUT2D eigenvalue weighted by atomic mass is 16.5. The van der Waals surface area contributed by atoms with Gasteiger partial charge in [0.1, 0.15) is 0 Å². The molecular weight excluding hydrogens is 366 g/mol. The van der Waals surface area contributed by atoms with Crippen LogP contribution in [0.1, 0.15) is 54.7 Å².